The Kier molecular flexibility index (Phi) is 5.57. The van der Waals surface area contributed by atoms with Gasteiger partial charge in [-0.05, 0) is 41.3 Å². The monoisotopic (exact) mass is 296 g/mol. The molecule has 0 aliphatic carbocycles. The quantitative estimate of drug-likeness (QED) is 0.843. The molecule has 2 rings (SSSR count). The Morgan fingerprint density at radius 3 is 3.05 bits per heavy atom. The molecular formula is C15H24N2O2S. The van der Waals surface area contributed by atoms with Gasteiger partial charge in [0.05, 0.1) is 12.0 Å². The van der Waals surface area contributed by atoms with Crippen LogP contribution in [0.3, 0.4) is 0 Å². The van der Waals surface area contributed by atoms with Crippen molar-refractivity contribution in [3.8, 4) is 0 Å². The van der Waals surface area contributed by atoms with E-state index in [4.69, 9.17) is 0 Å². The van der Waals surface area contributed by atoms with Crippen molar-refractivity contribution in [2.75, 3.05) is 26.2 Å². The van der Waals surface area contributed by atoms with Gasteiger partial charge in [-0.2, -0.15) is 11.3 Å². The van der Waals surface area contributed by atoms with Crippen molar-refractivity contribution < 1.29 is 9.90 Å². The van der Waals surface area contributed by atoms with Crippen LogP contribution in [0, 0.1) is 11.8 Å². The summed E-state index contributed by atoms with van der Waals surface area (Å²) in [7, 11) is 0. The first-order valence-electron chi connectivity index (χ1n) is 7.26. The summed E-state index contributed by atoms with van der Waals surface area (Å²) in [4.78, 5) is 14.5. The molecule has 2 unspecified atom stereocenters. The summed E-state index contributed by atoms with van der Waals surface area (Å²) >= 11 is 1.55. The molecule has 2 N–H and O–H groups in total. The van der Waals surface area contributed by atoms with E-state index >= 15 is 0 Å². The van der Waals surface area contributed by atoms with Crippen LogP contribution in [-0.4, -0.2) is 42.1 Å². The molecule has 1 aromatic rings. The number of hydrogen-bond donors (Lipinski definition) is 2. The molecule has 2 atom stereocenters. The molecule has 1 saturated heterocycles. The van der Waals surface area contributed by atoms with E-state index in [1.165, 1.54) is 0 Å². The minimum atomic E-state index is -0.599. The Morgan fingerprint density at radius 2 is 2.40 bits per heavy atom. The molecule has 5 heteroatoms. The Morgan fingerprint density at radius 1 is 1.60 bits per heavy atom. The van der Waals surface area contributed by atoms with E-state index in [1.807, 2.05) is 16.8 Å². The maximum atomic E-state index is 12.1. The maximum absolute atomic E-state index is 12.1. The van der Waals surface area contributed by atoms with E-state index in [0.717, 1.165) is 31.6 Å². The topological polar surface area (TPSA) is 52.6 Å². The van der Waals surface area contributed by atoms with Crippen molar-refractivity contribution in [2.24, 2.45) is 11.8 Å². The molecular weight excluding hydrogens is 272 g/mol. The van der Waals surface area contributed by atoms with Crippen LogP contribution < -0.4 is 5.32 Å². The van der Waals surface area contributed by atoms with Crippen molar-refractivity contribution in [3.63, 3.8) is 0 Å². The van der Waals surface area contributed by atoms with E-state index in [-0.39, 0.29) is 11.8 Å². The zero-order chi connectivity index (χ0) is 14.5. The second-order valence-electron chi connectivity index (χ2n) is 5.96. The van der Waals surface area contributed by atoms with Gasteiger partial charge < -0.3 is 15.3 Å². The van der Waals surface area contributed by atoms with E-state index in [1.54, 1.807) is 11.3 Å². The molecule has 20 heavy (non-hydrogen) atoms. The smallest absolute Gasteiger partial charge is 0.224 e. The fourth-order valence-corrected chi connectivity index (χ4v) is 3.36. The van der Waals surface area contributed by atoms with Crippen molar-refractivity contribution in [2.45, 2.75) is 26.4 Å². The molecule has 1 fully saturated rings. The summed E-state index contributed by atoms with van der Waals surface area (Å²) in [5.41, 5.74) is 0.878. The number of rotatable bonds is 6. The molecule has 0 spiro atoms. The van der Waals surface area contributed by atoms with Gasteiger partial charge in [-0.25, -0.2) is 0 Å². The number of carbonyl (C=O) groups is 1. The van der Waals surface area contributed by atoms with Crippen LogP contribution in [0.15, 0.2) is 16.8 Å². The normalized spacial score (nSPS) is 21.3. The molecule has 0 radical (unpaired) electrons. The van der Waals surface area contributed by atoms with Crippen LogP contribution in [0.2, 0.25) is 0 Å². The number of nitrogens with one attached hydrogen (secondary N) is 1. The molecule has 1 aromatic heterocycles. The lowest BCUT2D eigenvalue weighted by Gasteiger charge is -2.18. The Labute approximate surface area is 124 Å². The van der Waals surface area contributed by atoms with Gasteiger partial charge >= 0.3 is 0 Å². The molecule has 4 nitrogen and oxygen atoms in total. The zero-order valence-corrected chi connectivity index (χ0v) is 13.0. The van der Waals surface area contributed by atoms with Gasteiger partial charge in [-0.15, -0.1) is 0 Å². The maximum Gasteiger partial charge on any atom is 0.224 e. The lowest BCUT2D eigenvalue weighted by Crippen LogP contribution is -2.35. The summed E-state index contributed by atoms with van der Waals surface area (Å²) < 4.78 is 0. The van der Waals surface area contributed by atoms with Crippen LogP contribution in [0.4, 0.5) is 0 Å². The Balaban J connectivity index is 1.73. The number of aliphatic hydroxyl groups excluding tert-OH is 1. The highest BCUT2D eigenvalue weighted by atomic mass is 32.1. The Hall–Kier alpha value is -0.910. The first-order valence-corrected chi connectivity index (χ1v) is 8.20. The largest absolute Gasteiger partial charge is 0.387 e. The molecule has 0 bridgehead atoms. The van der Waals surface area contributed by atoms with Gasteiger partial charge in [0, 0.05) is 19.6 Å². The Bertz CT molecular complexity index is 420. The minimum Gasteiger partial charge on any atom is -0.387 e. The lowest BCUT2D eigenvalue weighted by atomic mass is 10.1. The minimum absolute atomic E-state index is 0.0726. The highest BCUT2D eigenvalue weighted by molar-refractivity contribution is 7.07. The van der Waals surface area contributed by atoms with Crippen molar-refractivity contribution in [3.05, 3.63) is 22.4 Å². The van der Waals surface area contributed by atoms with Crippen LogP contribution in [0.1, 0.15) is 31.9 Å². The predicted molar refractivity (Wildman–Crippen MR) is 81.7 cm³/mol. The van der Waals surface area contributed by atoms with E-state index in [0.29, 0.717) is 12.5 Å². The number of thiophene rings is 1. The van der Waals surface area contributed by atoms with E-state index < -0.39 is 6.10 Å². The molecule has 0 aromatic carbocycles. The molecule has 1 aliphatic rings. The average Bonchev–Trinajstić information content (AvgIpc) is 3.05. The third-order valence-corrected chi connectivity index (χ3v) is 4.37. The van der Waals surface area contributed by atoms with Gasteiger partial charge in [-0.1, -0.05) is 13.8 Å². The third kappa shape index (κ3) is 4.30. The number of amides is 1. The average molecular weight is 296 g/mol. The number of aliphatic hydroxyl groups is 1. The third-order valence-electron chi connectivity index (χ3n) is 3.66. The van der Waals surface area contributed by atoms with Gasteiger partial charge in [0.15, 0.2) is 0 Å². The highest BCUT2D eigenvalue weighted by Gasteiger charge is 2.28. The van der Waals surface area contributed by atoms with Gasteiger partial charge in [0.1, 0.15) is 0 Å². The first-order chi connectivity index (χ1) is 9.56. The number of hydrogen-bond acceptors (Lipinski definition) is 4. The summed E-state index contributed by atoms with van der Waals surface area (Å²) in [6.07, 6.45) is 0.325. The molecule has 112 valence electrons. The summed E-state index contributed by atoms with van der Waals surface area (Å²) in [5, 5.41) is 16.7. The number of carbonyl (C=O) groups excluding carboxylic acids is 1. The van der Waals surface area contributed by atoms with Crippen LogP contribution >= 0.6 is 11.3 Å². The second-order valence-corrected chi connectivity index (χ2v) is 6.74. The molecule has 0 saturated carbocycles. The van der Waals surface area contributed by atoms with E-state index in [9.17, 15) is 9.90 Å². The zero-order valence-electron chi connectivity index (χ0n) is 12.2. The number of nitrogens with zero attached hydrogens (tertiary/aromatic N) is 1. The van der Waals surface area contributed by atoms with Crippen molar-refractivity contribution in [1.82, 2.24) is 10.2 Å². The molecule has 1 amide bonds. The van der Waals surface area contributed by atoms with Crippen LogP contribution in [-0.2, 0) is 4.79 Å². The van der Waals surface area contributed by atoms with Crippen molar-refractivity contribution in [1.29, 1.82) is 0 Å². The lowest BCUT2D eigenvalue weighted by molar-refractivity contribution is -0.125. The second kappa shape index (κ2) is 7.20. The standard InChI is InChI=1S/C15H24N2O2S/c1-11(2)8-17-5-3-12(9-17)15(19)16-7-14(18)13-4-6-20-10-13/h4,6,10-12,14,18H,3,5,7-9H2,1-2H3,(H,16,19). The van der Waals surface area contributed by atoms with Crippen LogP contribution in [0.25, 0.3) is 0 Å². The number of likely N-dealkylation sites (tertiary alicyclic amines) is 1. The summed E-state index contributed by atoms with van der Waals surface area (Å²) in [5.74, 6) is 0.784. The molecule has 1 aliphatic heterocycles. The van der Waals surface area contributed by atoms with Crippen molar-refractivity contribution >= 4 is 17.2 Å². The SMILES string of the molecule is CC(C)CN1CCC(C(=O)NCC(O)c2ccsc2)C1. The summed E-state index contributed by atoms with van der Waals surface area (Å²) in [6.45, 7) is 7.61. The fourth-order valence-electron chi connectivity index (χ4n) is 2.65. The highest BCUT2D eigenvalue weighted by Crippen LogP contribution is 2.19. The van der Waals surface area contributed by atoms with Gasteiger partial charge in [-0.3, -0.25) is 4.79 Å². The van der Waals surface area contributed by atoms with Gasteiger partial charge in [0.2, 0.25) is 5.91 Å². The van der Waals surface area contributed by atoms with Crippen LogP contribution in [0.5, 0.6) is 0 Å². The fraction of sp³-hybridized carbons (Fsp3) is 0.667. The van der Waals surface area contributed by atoms with Gasteiger partial charge in [0.25, 0.3) is 0 Å². The first kappa shape index (κ1) is 15.5. The summed E-state index contributed by atoms with van der Waals surface area (Å²) in [6, 6.07) is 1.89. The molecule has 2 heterocycles. The van der Waals surface area contributed by atoms with E-state index in [2.05, 4.69) is 24.1 Å². The predicted octanol–water partition coefficient (Wildman–Crippen LogP) is 1.88.